The predicted octanol–water partition coefficient (Wildman–Crippen LogP) is 2.10. The zero-order chi connectivity index (χ0) is 13.0. The smallest absolute Gasteiger partial charge is 0.219 e. The Morgan fingerprint density at radius 2 is 2.33 bits per heavy atom. The van der Waals surface area contributed by atoms with Gasteiger partial charge in [-0.25, -0.2) is 0 Å². The maximum absolute atomic E-state index is 11.3. The number of hydrogen-bond acceptors (Lipinski definition) is 4. The summed E-state index contributed by atoms with van der Waals surface area (Å²) in [5.74, 6) is 0.331. The van der Waals surface area contributed by atoms with E-state index in [-0.39, 0.29) is 12.5 Å². The Hall–Kier alpha value is -1.59. The van der Waals surface area contributed by atoms with E-state index in [9.17, 15) is 9.90 Å². The number of carbonyl (C=O) groups excluding carboxylic acids is 1. The van der Waals surface area contributed by atoms with Gasteiger partial charge in [0.05, 0.1) is 12.8 Å². The molecule has 0 saturated carbocycles. The van der Waals surface area contributed by atoms with Crippen molar-refractivity contribution in [1.82, 2.24) is 5.32 Å². The van der Waals surface area contributed by atoms with E-state index in [1.807, 2.05) is 17.5 Å². The van der Waals surface area contributed by atoms with Gasteiger partial charge in [-0.1, -0.05) is 13.0 Å². The Labute approximate surface area is 109 Å². The van der Waals surface area contributed by atoms with Gasteiger partial charge in [0.25, 0.3) is 0 Å². The van der Waals surface area contributed by atoms with Crippen LogP contribution in [0.15, 0.2) is 40.3 Å². The number of aliphatic hydroxyl groups is 1. The molecule has 2 aromatic rings. The lowest BCUT2D eigenvalue weighted by Gasteiger charge is -2.25. The topological polar surface area (TPSA) is 62.5 Å². The van der Waals surface area contributed by atoms with Gasteiger partial charge in [0, 0.05) is 11.3 Å². The SMILES string of the molecule is CCC(=O)NCC(O)(c1ccco1)c1cccs1. The summed E-state index contributed by atoms with van der Waals surface area (Å²) in [4.78, 5) is 12.1. The lowest BCUT2D eigenvalue weighted by atomic mass is 9.98. The average Bonchev–Trinajstić information content (AvgIpc) is 3.06. The lowest BCUT2D eigenvalue weighted by molar-refractivity contribution is -0.121. The number of hydrogen-bond donors (Lipinski definition) is 2. The van der Waals surface area contributed by atoms with Gasteiger partial charge >= 0.3 is 0 Å². The number of nitrogens with one attached hydrogen (secondary N) is 1. The monoisotopic (exact) mass is 265 g/mol. The normalized spacial score (nSPS) is 14.1. The van der Waals surface area contributed by atoms with Crippen LogP contribution in [0.3, 0.4) is 0 Å². The van der Waals surface area contributed by atoms with E-state index in [1.54, 1.807) is 19.1 Å². The molecule has 2 rings (SSSR count). The standard InChI is InChI=1S/C13H15NO3S/c1-2-12(15)14-9-13(16,10-5-3-7-17-10)11-6-4-8-18-11/h3-8,16H,2,9H2,1H3,(H,14,15). The van der Waals surface area contributed by atoms with Crippen LogP contribution in [0.5, 0.6) is 0 Å². The molecule has 2 heterocycles. The van der Waals surface area contributed by atoms with Crippen molar-refractivity contribution in [3.05, 3.63) is 46.5 Å². The molecule has 5 heteroatoms. The number of amides is 1. The zero-order valence-corrected chi connectivity index (χ0v) is 10.9. The maximum atomic E-state index is 11.3. The van der Waals surface area contributed by atoms with E-state index < -0.39 is 5.60 Å². The predicted molar refractivity (Wildman–Crippen MR) is 69.3 cm³/mol. The number of furan rings is 1. The summed E-state index contributed by atoms with van der Waals surface area (Å²) < 4.78 is 5.29. The maximum Gasteiger partial charge on any atom is 0.219 e. The molecule has 0 radical (unpaired) electrons. The third-order valence-corrected chi connectivity index (χ3v) is 3.74. The molecule has 0 aliphatic rings. The molecule has 0 bridgehead atoms. The van der Waals surface area contributed by atoms with E-state index in [1.165, 1.54) is 17.6 Å². The van der Waals surface area contributed by atoms with Crippen LogP contribution in [0.2, 0.25) is 0 Å². The highest BCUT2D eigenvalue weighted by Crippen LogP contribution is 2.32. The zero-order valence-electron chi connectivity index (χ0n) is 10.1. The molecule has 1 amide bonds. The van der Waals surface area contributed by atoms with Crippen LogP contribution in [-0.2, 0) is 10.4 Å². The Bertz CT molecular complexity index is 456. The molecule has 18 heavy (non-hydrogen) atoms. The Balaban J connectivity index is 2.26. The van der Waals surface area contributed by atoms with Gasteiger partial charge in [-0.15, -0.1) is 11.3 Å². The minimum atomic E-state index is -1.30. The van der Waals surface area contributed by atoms with Gasteiger partial charge in [-0.3, -0.25) is 4.79 Å². The molecule has 96 valence electrons. The molecule has 0 aliphatic heterocycles. The second-order valence-corrected chi connectivity index (χ2v) is 4.89. The van der Waals surface area contributed by atoms with Crippen molar-refractivity contribution in [1.29, 1.82) is 0 Å². The van der Waals surface area contributed by atoms with Crippen LogP contribution in [0.4, 0.5) is 0 Å². The van der Waals surface area contributed by atoms with Crippen LogP contribution in [0.25, 0.3) is 0 Å². The number of carbonyl (C=O) groups is 1. The minimum absolute atomic E-state index is 0.100. The van der Waals surface area contributed by atoms with Gasteiger partial charge in [-0.2, -0.15) is 0 Å². The highest BCUT2D eigenvalue weighted by atomic mass is 32.1. The molecule has 2 N–H and O–H groups in total. The van der Waals surface area contributed by atoms with E-state index in [0.717, 1.165) is 4.88 Å². The number of rotatable bonds is 5. The van der Waals surface area contributed by atoms with E-state index in [2.05, 4.69) is 5.32 Å². The van der Waals surface area contributed by atoms with E-state index in [0.29, 0.717) is 12.2 Å². The van der Waals surface area contributed by atoms with Gasteiger partial charge in [-0.05, 0) is 23.6 Å². The quantitative estimate of drug-likeness (QED) is 0.870. The second kappa shape index (κ2) is 5.37. The van der Waals surface area contributed by atoms with Crippen LogP contribution < -0.4 is 5.32 Å². The first-order chi connectivity index (χ1) is 8.66. The lowest BCUT2D eigenvalue weighted by Crippen LogP contribution is -2.40. The number of thiophene rings is 1. The molecule has 0 spiro atoms. The van der Waals surface area contributed by atoms with Gasteiger partial charge in [0.2, 0.25) is 5.91 Å². The molecular weight excluding hydrogens is 250 g/mol. The minimum Gasteiger partial charge on any atom is -0.466 e. The third kappa shape index (κ3) is 2.47. The summed E-state index contributed by atoms with van der Waals surface area (Å²) in [6, 6.07) is 7.11. The van der Waals surface area contributed by atoms with Gasteiger partial charge in [0.15, 0.2) is 5.60 Å². The fourth-order valence-electron chi connectivity index (χ4n) is 1.67. The summed E-state index contributed by atoms with van der Waals surface area (Å²) in [5, 5.41) is 15.4. The Kier molecular flexibility index (Phi) is 3.84. The van der Waals surface area contributed by atoms with Crippen molar-refractivity contribution in [3.8, 4) is 0 Å². The summed E-state index contributed by atoms with van der Waals surface area (Å²) in [5.41, 5.74) is -1.30. The summed E-state index contributed by atoms with van der Waals surface area (Å²) in [6.45, 7) is 1.88. The molecule has 0 aromatic carbocycles. The molecular formula is C13H15NO3S. The molecule has 0 saturated heterocycles. The van der Waals surface area contributed by atoms with Crippen molar-refractivity contribution < 1.29 is 14.3 Å². The first kappa shape index (κ1) is 12.9. The fraction of sp³-hybridized carbons (Fsp3) is 0.308. The summed E-state index contributed by atoms with van der Waals surface area (Å²) in [7, 11) is 0. The van der Waals surface area contributed by atoms with Gasteiger partial charge < -0.3 is 14.8 Å². The van der Waals surface area contributed by atoms with Crippen molar-refractivity contribution in [3.63, 3.8) is 0 Å². The molecule has 0 aliphatic carbocycles. The first-order valence-corrected chi connectivity index (χ1v) is 6.62. The van der Waals surface area contributed by atoms with Crippen LogP contribution in [0, 0.1) is 0 Å². The summed E-state index contributed by atoms with van der Waals surface area (Å²) >= 11 is 1.43. The molecule has 1 unspecified atom stereocenters. The first-order valence-electron chi connectivity index (χ1n) is 5.74. The fourth-order valence-corrected chi connectivity index (χ4v) is 2.50. The average molecular weight is 265 g/mol. The van der Waals surface area contributed by atoms with Crippen molar-refractivity contribution in [2.24, 2.45) is 0 Å². The summed E-state index contributed by atoms with van der Waals surface area (Å²) in [6.07, 6.45) is 1.90. The van der Waals surface area contributed by atoms with Crippen molar-refractivity contribution in [2.45, 2.75) is 18.9 Å². The highest BCUT2D eigenvalue weighted by molar-refractivity contribution is 7.10. The largest absolute Gasteiger partial charge is 0.466 e. The molecule has 2 aromatic heterocycles. The van der Waals surface area contributed by atoms with Crippen molar-refractivity contribution >= 4 is 17.2 Å². The van der Waals surface area contributed by atoms with Crippen LogP contribution >= 0.6 is 11.3 Å². The molecule has 4 nitrogen and oxygen atoms in total. The van der Waals surface area contributed by atoms with Gasteiger partial charge in [0.1, 0.15) is 5.76 Å². The Morgan fingerprint density at radius 3 is 2.89 bits per heavy atom. The van der Waals surface area contributed by atoms with Crippen molar-refractivity contribution in [2.75, 3.05) is 6.54 Å². The van der Waals surface area contributed by atoms with Crippen LogP contribution in [-0.4, -0.2) is 17.6 Å². The Morgan fingerprint density at radius 1 is 1.50 bits per heavy atom. The highest BCUT2D eigenvalue weighted by Gasteiger charge is 2.35. The second-order valence-electron chi connectivity index (χ2n) is 3.95. The third-order valence-electron chi connectivity index (χ3n) is 2.72. The van der Waals surface area contributed by atoms with Crippen LogP contribution in [0.1, 0.15) is 24.0 Å². The van der Waals surface area contributed by atoms with E-state index >= 15 is 0 Å². The molecule has 1 atom stereocenters. The molecule has 0 fully saturated rings. The van der Waals surface area contributed by atoms with E-state index in [4.69, 9.17) is 4.42 Å².